The largest absolute Gasteiger partial charge is 0.375 e. The number of ether oxygens (including phenoxy) is 1. The molecule has 1 saturated heterocycles. The van der Waals surface area contributed by atoms with Gasteiger partial charge < -0.3 is 10.1 Å². The van der Waals surface area contributed by atoms with E-state index >= 15 is 0 Å². The Morgan fingerprint density at radius 1 is 1.52 bits per heavy atom. The van der Waals surface area contributed by atoms with E-state index in [1.54, 1.807) is 0 Å². The molecule has 0 saturated carbocycles. The molecule has 7 heteroatoms. The molecule has 114 valence electrons. The monoisotopic (exact) mass is 356 g/mol. The molecular formula is C14H17BrN2O4. The topological polar surface area (TPSA) is 81.5 Å². The second kappa shape index (κ2) is 6.11. The third-order valence-corrected chi connectivity index (χ3v) is 4.13. The molecule has 6 nitrogen and oxygen atoms in total. The van der Waals surface area contributed by atoms with Crippen molar-refractivity contribution in [3.63, 3.8) is 0 Å². The average molecular weight is 357 g/mol. The lowest BCUT2D eigenvalue weighted by Crippen LogP contribution is -2.45. The highest BCUT2D eigenvalue weighted by Gasteiger charge is 2.30. The van der Waals surface area contributed by atoms with E-state index in [4.69, 9.17) is 4.74 Å². The number of nitro benzene ring substituents is 1. The van der Waals surface area contributed by atoms with Gasteiger partial charge in [0, 0.05) is 29.3 Å². The number of amides is 1. The summed E-state index contributed by atoms with van der Waals surface area (Å²) in [5, 5.41) is 13.7. The SMILES string of the molecule is CC1(C)CC(NC(=O)c2cc([N+](=O)[O-])ccc2Br)CCO1. The van der Waals surface area contributed by atoms with Crippen LogP contribution >= 0.6 is 15.9 Å². The molecule has 1 aromatic carbocycles. The highest BCUT2D eigenvalue weighted by molar-refractivity contribution is 9.10. The number of rotatable bonds is 3. The number of nitrogens with zero attached hydrogens (tertiary/aromatic N) is 1. The Bertz CT molecular complexity index is 574. The third-order valence-electron chi connectivity index (χ3n) is 3.44. The van der Waals surface area contributed by atoms with Crippen LogP contribution in [0.15, 0.2) is 22.7 Å². The fourth-order valence-corrected chi connectivity index (χ4v) is 2.85. The molecule has 0 bridgehead atoms. The standard InChI is InChI=1S/C14H17BrN2O4/c1-14(2)8-9(5-6-21-14)16-13(18)11-7-10(17(19)20)3-4-12(11)15/h3-4,7,9H,5-6,8H2,1-2H3,(H,16,18). The summed E-state index contributed by atoms with van der Waals surface area (Å²) in [6.07, 6.45) is 1.45. The number of hydrogen-bond acceptors (Lipinski definition) is 4. The zero-order chi connectivity index (χ0) is 15.6. The minimum atomic E-state index is -0.513. The number of carbonyl (C=O) groups is 1. The summed E-state index contributed by atoms with van der Waals surface area (Å²) >= 11 is 3.26. The van der Waals surface area contributed by atoms with Crippen LogP contribution in [0.25, 0.3) is 0 Å². The summed E-state index contributed by atoms with van der Waals surface area (Å²) in [6.45, 7) is 4.55. The van der Waals surface area contributed by atoms with Crippen molar-refractivity contribution >= 4 is 27.5 Å². The summed E-state index contributed by atoms with van der Waals surface area (Å²) in [6, 6.07) is 4.16. The van der Waals surface area contributed by atoms with E-state index in [1.165, 1.54) is 18.2 Å². The van der Waals surface area contributed by atoms with Gasteiger partial charge in [0.2, 0.25) is 0 Å². The van der Waals surface area contributed by atoms with Gasteiger partial charge in [-0.05, 0) is 48.7 Å². The van der Waals surface area contributed by atoms with Gasteiger partial charge in [-0.2, -0.15) is 0 Å². The molecule has 1 N–H and O–H groups in total. The van der Waals surface area contributed by atoms with Gasteiger partial charge >= 0.3 is 0 Å². The Morgan fingerprint density at radius 3 is 2.86 bits per heavy atom. The summed E-state index contributed by atoms with van der Waals surface area (Å²) in [7, 11) is 0. The number of nitro groups is 1. The van der Waals surface area contributed by atoms with E-state index in [0.717, 1.165) is 6.42 Å². The second-order valence-corrected chi connectivity index (χ2v) is 6.55. The summed E-state index contributed by atoms with van der Waals surface area (Å²) in [4.78, 5) is 22.6. The average Bonchev–Trinajstić information content (AvgIpc) is 2.37. The first-order valence-corrected chi connectivity index (χ1v) is 7.46. The molecule has 0 aromatic heterocycles. The molecule has 2 rings (SSSR count). The van der Waals surface area contributed by atoms with Crippen LogP contribution in [0, 0.1) is 10.1 Å². The van der Waals surface area contributed by atoms with Crippen LogP contribution in [0.2, 0.25) is 0 Å². The van der Waals surface area contributed by atoms with Crippen LogP contribution in [0.3, 0.4) is 0 Å². The molecule has 1 aliphatic heterocycles. The maximum atomic E-state index is 12.3. The van der Waals surface area contributed by atoms with Crippen LogP contribution in [-0.2, 0) is 4.74 Å². The first-order valence-electron chi connectivity index (χ1n) is 6.67. The van der Waals surface area contributed by atoms with Crippen molar-refractivity contribution in [1.82, 2.24) is 5.32 Å². The molecule has 21 heavy (non-hydrogen) atoms. The van der Waals surface area contributed by atoms with Gasteiger partial charge in [0.1, 0.15) is 0 Å². The van der Waals surface area contributed by atoms with Crippen LogP contribution in [0.5, 0.6) is 0 Å². The fraction of sp³-hybridized carbons (Fsp3) is 0.500. The molecule has 0 radical (unpaired) electrons. The van der Waals surface area contributed by atoms with Gasteiger partial charge in [0.15, 0.2) is 0 Å². The molecule has 1 aromatic rings. The predicted octanol–water partition coefficient (Wildman–Crippen LogP) is 3.04. The molecule has 1 amide bonds. The van der Waals surface area contributed by atoms with Crippen LogP contribution in [0.4, 0.5) is 5.69 Å². The van der Waals surface area contributed by atoms with Gasteiger partial charge in [-0.15, -0.1) is 0 Å². The maximum Gasteiger partial charge on any atom is 0.270 e. The quantitative estimate of drug-likeness (QED) is 0.666. The van der Waals surface area contributed by atoms with Gasteiger partial charge in [0.25, 0.3) is 11.6 Å². The minimum absolute atomic E-state index is 0.00686. The number of nitrogens with one attached hydrogen (secondary N) is 1. The van der Waals surface area contributed by atoms with Crippen molar-refractivity contribution in [1.29, 1.82) is 0 Å². The molecule has 1 atom stereocenters. The number of halogens is 1. The lowest BCUT2D eigenvalue weighted by atomic mass is 9.94. The lowest BCUT2D eigenvalue weighted by molar-refractivity contribution is -0.384. The Hall–Kier alpha value is -1.47. The summed E-state index contributed by atoms with van der Waals surface area (Å²) in [5.41, 5.74) is -0.0972. The van der Waals surface area contributed by atoms with Crippen molar-refractivity contribution in [2.75, 3.05) is 6.61 Å². The van der Waals surface area contributed by atoms with E-state index in [9.17, 15) is 14.9 Å². The number of non-ortho nitro benzene ring substituents is 1. The first kappa shape index (κ1) is 15.9. The van der Waals surface area contributed by atoms with Crippen molar-refractivity contribution in [2.45, 2.75) is 38.3 Å². The molecule has 0 aliphatic carbocycles. The van der Waals surface area contributed by atoms with Crippen molar-refractivity contribution < 1.29 is 14.5 Å². The third kappa shape index (κ3) is 4.01. The Morgan fingerprint density at radius 2 is 2.24 bits per heavy atom. The van der Waals surface area contributed by atoms with E-state index < -0.39 is 4.92 Å². The molecular weight excluding hydrogens is 340 g/mol. The lowest BCUT2D eigenvalue weighted by Gasteiger charge is -2.35. The van der Waals surface area contributed by atoms with E-state index in [0.29, 0.717) is 17.5 Å². The molecule has 1 unspecified atom stereocenters. The summed E-state index contributed by atoms with van der Waals surface area (Å²) in [5.74, 6) is -0.312. The van der Waals surface area contributed by atoms with E-state index in [1.807, 2.05) is 13.8 Å². The molecule has 1 heterocycles. The minimum Gasteiger partial charge on any atom is -0.375 e. The number of hydrogen-bond donors (Lipinski definition) is 1. The van der Waals surface area contributed by atoms with Crippen LogP contribution < -0.4 is 5.32 Å². The van der Waals surface area contributed by atoms with Crippen molar-refractivity contribution in [3.8, 4) is 0 Å². The number of benzene rings is 1. The van der Waals surface area contributed by atoms with Crippen molar-refractivity contribution in [2.24, 2.45) is 0 Å². The van der Waals surface area contributed by atoms with Gasteiger partial charge in [-0.1, -0.05) is 0 Å². The molecule has 0 spiro atoms. The number of carbonyl (C=O) groups excluding carboxylic acids is 1. The Labute approximate surface area is 131 Å². The van der Waals surface area contributed by atoms with Crippen molar-refractivity contribution in [3.05, 3.63) is 38.3 Å². The Balaban J connectivity index is 2.13. The van der Waals surface area contributed by atoms with Gasteiger partial charge in [0.05, 0.1) is 16.1 Å². The normalized spacial score (nSPS) is 20.8. The predicted molar refractivity (Wildman–Crippen MR) is 81.3 cm³/mol. The first-order chi connectivity index (χ1) is 9.78. The highest BCUT2D eigenvalue weighted by Crippen LogP contribution is 2.26. The second-order valence-electron chi connectivity index (χ2n) is 5.69. The van der Waals surface area contributed by atoms with Crippen LogP contribution in [-0.4, -0.2) is 29.1 Å². The Kier molecular flexibility index (Phi) is 4.63. The van der Waals surface area contributed by atoms with Gasteiger partial charge in [-0.25, -0.2) is 0 Å². The zero-order valence-electron chi connectivity index (χ0n) is 11.9. The maximum absolute atomic E-state index is 12.3. The zero-order valence-corrected chi connectivity index (χ0v) is 13.5. The molecule has 1 fully saturated rings. The summed E-state index contributed by atoms with van der Waals surface area (Å²) < 4.78 is 6.15. The highest BCUT2D eigenvalue weighted by atomic mass is 79.9. The van der Waals surface area contributed by atoms with E-state index in [-0.39, 0.29) is 28.8 Å². The van der Waals surface area contributed by atoms with Gasteiger partial charge in [-0.3, -0.25) is 14.9 Å². The molecule has 1 aliphatic rings. The smallest absolute Gasteiger partial charge is 0.270 e. The fourth-order valence-electron chi connectivity index (χ4n) is 2.42. The van der Waals surface area contributed by atoms with E-state index in [2.05, 4.69) is 21.2 Å². The van der Waals surface area contributed by atoms with Crippen LogP contribution in [0.1, 0.15) is 37.0 Å².